The monoisotopic (exact) mass is 380 g/mol. The lowest BCUT2D eigenvalue weighted by molar-refractivity contribution is -0.147. The van der Waals surface area contributed by atoms with E-state index in [1.54, 1.807) is 6.08 Å². The summed E-state index contributed by atoms with van der Waals surface area (Å²) in [4.78, 5) is 23.1. The third-order valence-electron chi connectivity index (χ3n) is 5.06. The largest absolute Gasteiger partial charge is 0.481 e. The summed E-state index contributed by atoms with van der Waals surface area (Å²) in [6.07, 6.45) is 3.38. The van der Waals surface area contributed by atoms with Gasteiger partial charge < -0.3 is 14.6 Å². The maximum absolute atomic E-state index is 12.5. The number of ether oxygens (including phenoxy) is 2. The van der Waals surface area contributed by atoms with Gasteiger partial charge in [0.1, 0.15) is 18.1 Å². The highest BCUT2D eigenvalue weighted by molar-refractivity contribution is 5.78. The predicted octanol–water partition coefficient (Wildman–Crippen LogP) is 4.83. The van der Waals surface area contributed by atoms with E-state index >= 15 is 0 Å². The Balaban J connectivity index is 1.55. The van der Waals surface area contributed by atoms with E-state index in [9.17, 15) is 9.59 Å². The van der Waals surface area contributed by atoms with Crippen molar-refractivity contribution in [1.82, 2.24) is 0 Å². The molecule has 1 fully saturated rings. The number of para-hydroxylation sites is 1. The minimum absolute atomic E-state index is 0.00657. The number of carbonyl (C=O) groups is 2. The molecule has 0 radical (unpaired) electrons. The third kappa shape index (κ3) is 4.80. The number of carbonyl (C=O) groups excluding carboxylic acids is 1. The fourth-order valence-electron chi connectivity index (χ4n) is 3.37. The molecule has 1 N–H and O–H groups in total. The zero-order valence-electron chi connectivity index (χ0n) is 16.0. The van der Waals surface area contributed by atoms with Crippen molar-refractivity contribution in [3.63, 3.8) is 0 Å². The first-order valence-corrected chi connectivity index (χ1v) is 9.25. The molecule has 1 aliphatic carbocycles. The van der Waals surface area contributed by atoms with Crippen LogP contribution in [-0.4, -0.2) is 17.0 Å². The van der Waals surface area contributed by atoms with Crippen molar-refractivity contribution in [1.29, 1.82) is 0 Å². The highest BCUT2D eigenvalue weighted by atomic mass is 16.5. The van der Waals surface area contributed by atoms with Gasteiger partial charge in [-0.25, -0.2) is 0 Å². The van der Waals surface area contributed by atoms with Gasteiger partial charge in [0.25, 0.3) is 0 Å². The van der Waals surface area contributed by atoms with E-state index in [1.807, 2.05) is 74.5 Å². The molecular formula is C23H24O5. The Labute approximate surface area is 164 Å². The van der Waals surface area contributed by atoms with Crippen molar-refractivity contribution in [2.75, 3.05) is 0 Å². The fraction of sp³-hybridized carbons (Fsp3) is 0.304. The van der Waals surface area contributed by atoms with Gasteiger partial charge in [0.15, 0.2) is 0 Å². The van der Waals surface area contributed by atoms with Crippen molar-refractivity contribution in [2.45, 2.75) is 26.9 Å². The lowest BCUT2D eigenvalue weighted by atomic mass is 10.1. The van der Waals surface area contributed by atoms with E-state index in [2.05, 4.69) is 0 Å². The van der Waals surface area contributed by atoms with Gasteiger partial charge in [0.2, 0.25) is 0 Å². The van der Waals surface area contributed by atoms with Crippen molar-refractivity contribution < 1.29 is 24.2 Å². The third-order valence-corrected chi connectivity index (χ3v) is 5.06. The summed E-state index contributed by atoms with van der Waals surface area (Å²) in [5.74, 6) is 0.0394. The number of benzene rings is 2. The molecular weight excluding hydrogens is 356 g/mol. The molecule has 2 aromatic carbocycles. The Kier molecular flexibility index (Phi) is 5.83. The molecule has 2 aromatic rings. The Bertz CT molecular complexity index is 870. The molecule has 2 unspecified atom stereocenters. The summed E-state index contributed by atoms with van der Waals surface area (Å²) < 4.78 is 11.3. The Morgan fingerprint density at radius 2 is 1.79 bits per heavy atom. The minimum atomic E-state index is -0.883. The summed E-state index contributed by atoms with van der Waals surface area (Å²) in [6.45, 7) is 4.15. The van der Waals surface area contributed by atoms with Crippen LogP contribution in [0, 0.1) is 17.3 Å². The lowest BCUT2D eigenvalue weighted by Crippen LogP contribution is -2.10. The van der Waals surface area contributed by atoms with Crippen molar-refractivity contribution in [3.8, 4) is 11.5 Å². The Morgan fingerprint density at radius 1 is 1.07 bits per heavy atom. The first-order chi connectivity index (χ1) is 13.4. The molecule has 28 heavy (non-hydrogen) atoms. The van der Waals surface area contributed by atoms with Crippen LogP contribution >= 0.6 is 0 Å². The van der Waals surface area contributed by atoms with E-state index in [0.717, 1.165) is 11.3 Å². The van der Waals surface area contributed by atoms with Crippen LogP contribution in [0.2, 0.25) is 0 Å². The second-order valence-corrected chi connectivity index (χ2v) is 7.52. The average molecular weight is 380 g/mol. The van der Waals surface area contributed by atoms with Crippen molar-refractivity contribution in [3.05, 3.63) is 72.3 Å². The molecule has 2 atom stereocenters. The first-order valence-electron chi connectivity index (χ1n) is 9.25. The molecule has 1 saturated carbocycles. The Hall–Kier alpha value is -3.08. The van der Waals surface area contributed by atoms with Crippen molar-refractivity contribution >= 4 is 11.9 Å². The average Bonchev–Trinajstić information content (AvgIpc) is 3.21. The number of carboxylic acids is 1. The molecule has 0 spiro atoms. The number of hydrogen-bond acceptors (Lipinski definition) is 4. The molecule has 146 valence electrons. The quantitative estimate of drug-likeness (QED) is 0.525. The maximum Gasteiger partial charge on any atom is 0.310 e. The molecule has 0 saturated heterocycles. The standard InChI is InChI=1S/C23H24O5/c1-23(2)19(12-7-13-20(24)25)21(23)22(26)27-15-16-8-6-11-18(14-16)28-17-9-4-3-5-10-17/h3-12,14,19,21H,13,15H2,1-2H3,(H,24,25)/b12-7+. The molecule has 0 aliphatic heterocycles. The van der Waals surface area contributed by atoms with Gasteiger partial charge in [-0.3, -0.25) is 9.59 Å². The van der Waals surface area contributed by atoms with Gasteiger partial charge in [-0.15, -0.1) is 0 Å². The number of aliphatic carboxylic acids is 1. The minimum Gasteiger partial charge on any atom is -0.481 e. The number of hydrogen-bond donors (Lipinski definition) is 1. The molecule has 0 heterocycles. The van der Waals surface area contributed by atoms with Crippen molar-refractivity contribution in [2.24, 2.45) is 17.3 Å². The van der Waals surface area contributed by atoms with Crippen LogP contribution in [0.3, 0.4) is 0 Å². The van der Waals surface area contributed by atoms with E-state index in [-0.39, 0.29) is 36.2 Å². The predicted molar refractivity (Wildman–Crippen MR) is 105 cm³/mol. The second-order valence-electron chi connectivity index (χ2n) is 7.52. The molecule has 1 aliphatic rings. The molecule has 3 rings (SSSR count). The molecule has 5 nitrogen and oxygen atoms in total. The highest BCUT2D eigenvalue weighted by Crippen LogP contribution is 2.59. The van der Waals surface area contributed by atoms with Crippen LogP contribution in [0.15, 0.2) is 66.7 Å². The van der Waals surface area contributed by atoms with Gasteiger partial charge >= 0.3 is 11.9 Å². The summed E-state index contributed by atoms with van der Waals surface area (Å²) in [7, 11) is 0. The van der Waals surface area contributed by atoms with Crippen LogP contribution in [0.4, 0.5) is 0 Å². The van der Waals surface area contributed by atoms with Gasteiger partial charge in [0, 0.05) is 0 Å². The normalized spacial score (nSPS) is 19.9. The summed E-state index contributed by atoms with van der Waals surface area (Å²) in [5.41, 5.74) is 0.628. The van der Waals surface area contributed by atoms with E-state index < -0.39 is 5.97 Å². The number of esters is 1. The smallest absolute Gasteiger partial charge is 0.310 e. The van der Waals surface area contributed by atoms with Gasteiger partial charge in [-0.2, -0.15) is 0 Å². The summed E-state index contributed by atoms with van der Waals surface area (Å²) in [6, 6.07) is 16.9. The molecule has 0 aromatic heterocycles. The van der Waals surface area contributed by atoms with Crippen LogP contribution in [0.5, 0.6) is 11.5 Å². The van der Waals surface area contributed by atoms with E-state index in [4.69, 9.17) is 14.6 Å². The zero-order valence-corrected chi connectivity index (χ0v) is 16.0. The van der Waals surface area contributed by atoms with Crippen LogP contribution < -0.4 is 4.74 Å². The van der Waals surface area contributed by atoms with Crippen LogP contribution in [-0.2, 0) is 20.9 Å². The highest BCUT2D eigenvalue weighted by Gasteiger charge is 2.61. The van der Waals surface area contributed by atoms with Crippen LogP contribution in [0.25, 0.3) is 0 Å². The van der Waals surface area contributed by atoms with Crippen LogP contribution in [0.1, 0.15) is 25.8 Å². The molecule has 0 bridgehead atoms. The molecule has 0 amide bonds. The van der Waals surface area contributed by atoms with E-state index in [1.165, 1.54) is 0 Å². The van der Waals surface area contributed by atoms with Gasteiger partial charge in [-0.05, 0) is 41.2 Å². The fourth-order valence-corrected chi connectivity index (χ4v) is 3.37. The first kappa shape index (κ1) is 19.7. The summed E-state index contributed by atoms with van der Waals surface area (Å²) >= 11 is 0. The SMILES string of the molecule is CC1(C)C(/C=C/CC(=O)O)C1C(=O)OCc1cccc(Oc2ccccc2)c1. The van der Waals surface area contributed by atoms with Gasteiger partial charge in [0.05, 0.1) is 12.3 Å². The number of allylic oxidation sites excluding steroid dienone is 1. The molecule has 5 heteroatoms. The topological polar surface area (TPSA) is 72.8 Å². The lowest BCUT2D eigenvalue weighted by Gasteiger charge is -2.09. The zero-order chi connectivity index (χ0) is 20.1. The Morgan fingerprint density at radius 3 is 2.50 bits per heavy atom. The van der Waals surface area contributed by atoms with Gasteiger partial charge in [-0.1, -0.05) is 56.3 Å². The number of carboxylic acid groups (broad SMARTS) is 1. The summed E-state index contributed by atoms with van der Waals surface area (Å²) in [5, 5.41) is 8.72. The second kappa shape index (κ2) is 8.30. The maximum atomic E-state index is 12.5. The van der Waals surface area contributed by atoms with E-state index in [0.29, 0.717) is 5.75 Å². The number of rotatable bonds is 8.